The normalized spacial score (nSPS) is 10.2. The summed E-state index contributed by atoms with van der Waals surface area (Å²) >= 11 is 0. The molecule has 2 amide bonds. The number of halogens is 1. The summed E-state index contributed by atoms with van der Waals surface area (Å²) in [7, 11) is 0. The van der Waals surface area contributed by atoms with Crippen molar-refractivity contribution in [2.24, 2.45) is 0 Å². The van der Waals surface area contributed by atoms with Crippen LogP contribution in [0.2, 0.25) is 0 Å². The number of nitrogens with one attached hydrogen (secondary N) is 2. The Bertz CT molecular complexity index is 611. The molecule has 0 saturated heterocycles. The first-order valence-electron chi connectivity index (χ1n) is 6.91. The first kappa shape index (κ1) is 15.7. The topological polar surface area (TPSA) is 76.0 Å². The third kappa shape index (κ3) is 5.01. The van der Waals surface area contributed by atoms with Crippen molar-refractivity contribution in [3.63, 3.8) is 0 Å². The maximum atomic E-state index is 12.7. The molecule has 0 saturated carbocycles. The van der Waals surface area contributed by atoms with Gasteiger partial charge in [0, 0.05) is 32.0 Å². The molecule has 22 heavy (non-hydrogen) atoms. The summed E-state index contributed by atoms with van der Waals surface area (Å²) in [6.45, 7) is 1.31. The van der Waals surface area contributed by atoms with Gasteiger partial charge >= 0.3 is 11.8 Å². The second kappa shape index (κ2) is 7.92. The fraction of sp³-hybridized carbons (Fsp3) is 0.267. The zero-order valence-electron chi connectivity index (χ0n) is 12.0. The first-order chi connectivity index (χ1) is 10.6. The number of carbonyl (C=O) groups is 2. The van der Waals surface area contributed by atoms with Crippen LogP contribution in [0.5, 0.6) is 0 Å². The maximum absolute atomic E-state index is 12.7. The van der Waals surface area contributed by atoms with Crippen molar-refractivity contribution in [1.82, 2.24) is 20.2 Å². The number of hydrogen-bond acceptors (Lipinski definition) is 3. The van der Waals surface area contributed by atoms with Gasteiger partial charge in [0.25, 0.3) is 0 Å². The molecular weight excluding hydrogens is 287 g/mol. The van der Waals surface area contributed by atoms with Crippen LogP contribution in [0.3, 0.4) is 0 Å². The standard InChI is InChI=1S/C15H17FN4O2/c16-13-4-2-12(3-5-13)10-19-15(22)14(21)18-6-1-8-20-9-7-17-11-20/h2-5,7,9,11H,1,6,8,10H2,(H,18,21)(H,19,22). The molecule has 7 heteroatoms. The van der Waals surface area contributed by atoms with E-state index in [0.717, 1.165) is 12.1 Å². The Morgan fingerprint density at radius 1 is 1.14 bits per heavy atom. The van der Waals surface area contributed by atoms with Gasteiger partial charge in [-0.1, -0.05) is 12.1 Å². The fourth-order valence-electron chi connectivity index (χ4n) is 1.83. The van der Waals surface area contributed by atoms with Crippen LogP contribution in [-0.2, 0) is 22.7 Å². The van der Waals surface area contributed by atoms with Gasteiger partial charge in [-0.3, -0.25) is 9.59 Å². The molecule has 0 aliphatic carbocycles. The average Bonchev–Trinajstić information content (AvgIpc) is 3.04. The Hall–Kier alpha value is -2.70. The molecule has 0 aliphatic heterocycles. The Morgan fingerprint density at radius 2 is 1.86 bits per heavy atom. The van der Waals surface area contributed by atoms with Crippen LogP contribution in [0.15, 0.2) is 43.0 Å². The molecule has 0 fully saturated rings. The SMILES string of the molecule is O=C(NCCCn1ccnc1)C(=O)NCc1ccc(F)cc1. The summed E-state index contributed by atoms with van der Waals surface area (Å²) in [5.74, 6) is -1.72. The second-order valence-corrected chi connectivity index (χ2v) is 4.72. The minimum absolute atomic E-state index is 0.182. The van der Waals surface area contributed by atoms with Crippen molar-refractivity contribution in [3.05, 3.63) is 54.4 Å². The molecular formula is C15H17FN4O2. The van der Waals surface area contributed by atoms with E-state index in [2.05, 4.69) is 15.6 Å². The van der Waals surface area contributed by atoms with Crippen LogP contribution in [0.25, 0.3) is 0 Å². The van der Waals surface area contributed by atoms with E-state index in [9.17, 15) is 14.0 Å². The van der Waals surface area contributed by atoms with Crippen LogP contribution in [0.4, 0.5) is 4.39 Å². The van der Waals surface area contributed by atoms with Crippen molar-refractivity contribution in [2.45, 2.75) is 19.5 Å². The molecule has 0 bridgehead atoms. The third-order valence-corrected chi connectivity index (χ3v) is 3.01. The number of rotatable bonds is 6. The van der Waals surface area contributed by atoms with Crippen molar-refractivity contribution in [2.75, 3.05) is 6.54 Å². The molecule has 0 unspecified atom stereocenters. The molecule has 0 aliphatic rings. The van der Waals surface area contributed by atoms with Gasteiger partial charge in [-0.05, 0) is 24.1 Å². The molecule has 2 aromatic rings. The number of nitrogens with zero attached hydrogens (tertiary/aromatic N) is 2. The monoisotopic (exact) mass is 304 g/mol. The summed E-state index contributed by atoms with van der Waals surface area (Å²) < 4.78 is 14.6. The number of hydrogen-bond donors (Lipinski definition) is 2. The van der Waals surface area contributed by atoms with E-state index >= 15 is 0 Å². The van der Waals surface area contributed by atoms with Gasteiger partial charge in [-0.2, -0.15) is 0 Å². The molecule has 1 aromatic carbocycles. The van der Waals surface area contributed by atoms with Crippen molar-refractivity contribution < 1.29 is 14.0 Å². The lowest BCUT2D eigenvalue weighted by Crippen LogP contribution is -2.40. The molecule has 6 nitrogen and oxygen atoms in total. The maximum Gasteiger partial charge on any atom is 0.309 e. The summed E-state index contributed by atoms with van der Waals surface area (Å²) in [4.78, 5) is 27.1. The van der Waals surface area contributed by atoms with E-state index in [4.69, 9.17) is 0 Å². The lowest BCUT2D eigenvalue weighted by Gasteiger charge is -2.07. The average molecular weight is 304 g/mol. The molecule has 0 atom stereocenters. The molecule has 2 rings (SSSR count). The van der Waals surface area contributed by atoms with Crippen molar-refractivity contribution >= 4 is 11.8 Å². The molecule has 2 N–H and O–H groups in total. The highest BCUT2D eigenvalue weighted by Gasteiger charge is 2.11. The van der Waals surface area contributed by atoms with Gasteiger partial charge in [-0.15, -0.1) is 0 Å². The Morgan fingerprint density at radius 3 is 2.55 bits per heavy atom. The number of imidazole rings is 1. The van der Waals surface area contributed by atoms with E-state index in [0.29, 0.717) is 13.0 Å². The van der Waals surface area contributed by atoms with E-state index in [-0.39, 0.29) is 12.4 Å². The van der Waals surface area contributed by atoms with E-state index < -0.39 is 11.8 Å². The Labute approximate surface area is 127 Å². The highest BCUT2D eigenvalue weighted by molar-refractivity contribution is 6.35. The minimum Gasteiger partial charge on any atom is -0.348 e. The largest absolute Gasteiger partial charge is 0.348 e. The molecule has 1 heterocycles. The van der Waals surface area contributed by atoms with Gasteiger partial charge < -0.3 is 15.2 Å². The van der Waals surface area contributed by atoms with Gasteiger partial charge in [0.2, 0.25) is 0 Å². The number of benzene rings is 1. The summed E-state index contributed by atoms with van der Waals surface area (Å²) in [5.41, 5.74) is 0.725. The van der Waals surface area contributed by atoms with Crippen LogP contribution >= 0.6 is 0 Å². The third-order valence-electron chi connectivity index (χ3n) is 3.01. The highest BCUT2D eigenvalue weighted by Crippen LogP contribution is 2.01. The molecule has 0 radical (unpaired) electrons. The predicted octanol–water partition coefficient (Wildman–Crippen LogP) is 0.845. The summed E-state index contributed by atoms with van der Waals surface area (Å²) in [6, 6.07) is 5.71. The van der Waals surface area contributed by atoms with Gasteiger partial charge in [-0.25, -0.2) is 9.37 Å². The minimum atomic E-state index is -0.702. The van der Waals surface area contributed by atoms with Crippen LogP contribution in [0.1, 0.15) is 12.0 Å². The summed E-state index contributed by atoms with van der Waals surface area (Å²) in [6.07, 6.45) is 5.91. The smallest absolute Gasteiger partial charge is 0.309 e. The fourth-order valence-corrected chi connectivity index (χ4v) is 1.83. The number of aromatic nitrogens is 2. The molecule has 0 spiro atoms. The van der Waals surface area contributed by atoms with Crippen LogP contribution in [0, 0.1) is 5.82 Å². The Balaban J connectivity index is 1.64. The van der Waals surface area contributed by atoms with Crippen molar-refractivity contribution in [3.8, 4) is 0 Å². The molecule has 116 valence electrons. The van der Waals surface area contributed by atoms with E-state index in [1.54, 1.807) is 24.7 Å². The number of amides is 2. The van der Waals surface area contributed by atoms with Gasteiger partial charge in [0.05, 0.1) is 6.33 Å². The van der Waals surface area contributed by atoms with E-state index in [1.165, 1.54) is 12.1 Å². The lowest BCUT2D eigenvalue weighted by molar-refractivity contribution is -0.139. The predicted molar refractivity (Wildman–Crippen MR) is 78.1 cm³/mol. The number of aryl methyl sites for hydroxylation is 1. The van der Waals surface area contributed by atoms with Crippen molar-refractivity contribution in [1.29, 1.82) is 0 Å². The number of carbonyl (C=O) groups excluding carboxylic acids is 2. The lowest BCUT2D eigenvalue weighted by atomic mass is 10.2. The molecule has 1 aromatic heterocycles. The first-order valence-corrected chi connectivity index (χ1v) is 6.91. The summed E-state index contributed by atoms with van der Waals surface area (Å²) in [5, 5.41) is 5.03. The zero-order chi connectivity index (χ0) is 15.8. The highest BCUT2D eigenvalue weighted by atomic mass is 19.1. The zero-order valence-corrected chi connectivity index (χ0v) is 12.0. The quantitative estimate of drug-likeness (QED) is 0.613. The Kier molecular flexibility index (Phi) is 5.65. The van der Waals surface area contributed by atoms with Crippen LogP contribution < -0.4 is 10.6 Å². The van der Waals surface area contributed by atoms with E-state index in [1.807, 2.05) is 10.8 Å². The second-order valence-electron chi connectivity index (χ2n) is 4.72. The van der Waals surface area contributed by atoms with Crippen LogP contribution in [-0.4, -0.2) is 27.9 Å². The van der Waals surface area contributed by atoms with Gasteiger partial charge in [0.15, 0.2) is 0 Å². The van der Waals surface area contributed by atoms with Gasteiger partial charge in [0.1, 0.15) is 5.82 Å².